The monoisotopic (exact) mass is 284 g/mol. The van der Waals surface area contributed by atoms with Gasteiger partial charge in [0.1, 0.15) is 0 Å². The molecule has 0 bridgehead atoms. The summed E-state index contributed by atoms with van der Waals surface area (Å²) in [5.74, 6) is 0. The summed E-state index contributed by atoms with van der Waals surface area (Å²) < 4.78 is 0. The fraction of sp³-hybridized carbons (Fsp3) is 0.235. The molecule has 0 saturated carbocycles. The van der Waals surface area contributed by atoms with E-state index in [1.165, 1.54) is 0 Å². The minimum Gasteiger partial charge on any atom is -0.392 e. The molecule has 0 aliphatic heterocycles. The summed E-state index contributed by atoms with van der Waals surface area (Å²) in [4.78, 5) is 11.9. The Balaban J connectivity index is 1.88. The first kappa shape index (κ1) is 15.1. The van der Waals surface area contributed by atoms with Gasteiger partial charge in [-0.1, -0.05) is 54.6 Å². The molecule has 0 fully saturated rings. The number of aliphatic hydroxyl groups excluding tert-OH is 1. The summed E-state index contributed by atoms with van der Waals surface area (Å²) in [6.45, 7) is 2.31. The highest BCUT2D eigenvalue weighted by atomic mass is 16.3. The highest BCUT2D eigenvalue weighted by molar-refractivity contribution is 5.74. The van der Waals surface area contributed by atoms with Crippen molar-refractivity contribution in [2.75, 3.05) is 0 Å². The average molecular weight is 284 g/mol. The van der Waals surface area contributed by atoms with Gasteiger partial charge in [-0.15, -0.1) is 0 Å². The van der Waals surface area contributed by atoms with Crippen LogP contribution in [0.1, 0.15) is 29.7 Å². The summed E-state index contributed by atoms with van der Waals surface area (Å²) in [6, 6.07) is 17.0. The van der Waals surface area contributed by atoms with Crippen LogP contribution in [0.2, 0.25) is 0 Å². The quantitative estimate of drug-likeness (QED) is 0.790. The van der Waals surface area contributed by atoms with E-state index in [-0.39, 0.29) is 18.7 Å². The number of carbonyl (C=O) groups excluding carboxylic acids is 1. The Morgan fingerprint density at radius 1 is 1.05 bits per heavy atom. The number of rotatable bonds is 5. The number of amides is 2. The van der Waals surface area contributed by atoms with Crippen LogP contribution in [0.15, 0.2) is 54.6 Å². The maximum Gasteiger partial charge on any atom is 0.315 e. The van der Waals surface area contributed by atoms with Crippen molar-refractivity contribution in [3.63, 3.8) is 0 Å². The molecular weight excluding hydrogens is 264 g/mol. The molecule has 2 aromatic carbocycles. The van der Waals surface area contributed by atoms with Gasteiger partial charge in [-0.3, -0.25) is 0 Å². The Kier molecular flexibility index (Phi) is 5.35. The third kappa shape index (κ3) is 4.33. The van der Waals surface area contributed by atoms with Crippen LogP contribution in [-0.4, -0.2) is 11.1 Å². The highest BCUT2D eigenvalue weighted by Crippen LogP contribution is 2.11. The van der Waals surface area contributed by atoms with E-state index in [1.807, 2.05) is 61.5 Å². The predicted octanol–water partition coefficient (Wildman–Crippen LogP) is 2.74. The molecule has 0 heterocycles. The van der Waals surface area contributed by atoms with Crippen molar-refractivity contribution in [1.82, 2.24) is 10.6 Å². The average Bonchev–Trinajstić information content (AvgIpc) is 2.54. The van der Waals surface area contributed by atoms with Crippen molar-refractivity contribution in [2.45, 2.75) is 26.1 Å². The van der Waals surface area contributed by atoms with Gasteiger partial charge >= 0.3 is 6.03 Å². The molecule has 1 atom stereocenters. The van der Waals surface area contributed by atoms with Gasteiger partial charge in [0.15, 0.2) is 0 Å². The second-order valence-electron chi connectivity index (χ2n) is 4.89. The summed E-state index contributed by atoms with van der Waals surface area (Å²) in [5.41, 5.74) is 2.81. The zero-order valence-electron chi connectivity index (χ0n) is 12.0. The Morgan fingerprint density at radius 2 is 1.67 bits per heavy atom. The Morgan fingerprint density at radius 3 is 2.33 bits per heavy atom. The van der Waals surface area contributed by atoms with Crippen LogP contribution < -0.4 is 10.6 Å². The number of nitrogens with one attached hydrogen (secondary N) is 2. The first-order valence-corrected chi connectivity index (χ1v) is 6.97. The van der Waals surface area contributed by atoms with Crippen LogP contribution in [0.5, 0.6) is 0 Å². The molecule has 0 aromatic heterocycles. The standard InChI is InChI=1S/C17H20N2O2/c1-13(14-7-3-2-4-8-14)19-17(21)18-11-15-9-5-6-10-16(15)12-20/h2-10,13,20H,11-12H2,1H3,(H2,18,19,21). The minimum absolute atomic E-state index is 0.0279. The van der Waals surface area contributed by atoms with Crippen LogP contribution in [0.25, 0.3) is 0 Å². The molecule has 4 nitrogen and oxygen atoms in total. The van der Waals surface area contributed by atoms with Crippen LogP contribution in [0, 0.1) is 0 Å². The van der Waals surface area contributed by atoms with E-state index in [9.17, 15) is 9.90 Å². The van der Waals surface area contributed by atoms with E-state index < -0.39 is 0 Å². The van der Waals surface area contributed by atoms with Crippen molar-refractivity contribution in [3.05, 3.63) is 71.3 Å². The summed E-state index contributed by atoms with van der Waals surface area (Å²) in [7, 11) is 0. The van der Waals surface area contributed by atoms with Crippen LogP contribution in [0.3, 0.4) is 0 Å². The van der Waals surface area contributed by atoms with E-state index in [2.05, 4.69) is 10.6 Å². The third-order valence-electron chi connectivity index (χ3n) is 3.38. The first-order valence-electron chi connectivity index (χ1n) is 6.97. The Bertz CT molecular complexity index is 584. The number of hydrogen-bond donors (Lipinski definition) is 3. The molecule has 2 rings (SSSR count). The van der Waals surface area contributed by atoms with Gasteiger partial charge in [-0.05, 0) is 23.6 Å². The molecule has 1 unspecified atom stereocenters. The molecule has 4 heteroatoms. The molecule has 0 aliphatic carbocycles. The van der Waals surface area contributed by atoms with Crippen LogP contribution >= 0.6 is 0 Å². The number of urea groups is 1. The van der Waals surface area contributed by atoms with E-state index in [0.717, 1.165) is 16.7 Å². The van der Waals surface area contributed by atoms with Gasteiger partial charge in [-0.2, -0.15) is 0 Å². The highest BCUT2D eigenvalue weighted by Gasteiger charge is 2.09. The van der Waals surface area contributed by atoms with E-state index >= 15 is 0 Å². The molecule has 0 aliphatic rings. The van der Waals surface area contributed by atoms with Crippen molar-refractivity contribution >= 4 is 6.03 Å². The fourth-order valence-corrected chi connectivity index (χ4v) is 2.13. The van der Waals surface area contributed by atoms with Crippen molar-refractivity contribution in [3.8, 4) is 0 Å². The summed E-state index contributed by atoms with van der Waals surface area (Å²) in [6.07, 6.45) is 0. The molecule has 0 spiro atoms. The molecular formula is C17H20N2O2. The Labute approximate surface area is 124 Å². The van der Waals surface area contributed by atoms with Crippen molar-refractivity contribution in [1.29, 1.82) is 0 Å². The lowest BCUT2D eigenvalue weighted by atomic mass is 10.1. The van der Waals surface area contributed by atoms with Crippen LogP contribution in [0.4, 0.5) is 4.79 Å². The second-order valence-corrected chi connectivity index (χ2v) is 4.89. The summed E-state index contributed by atoms with van der Waals surface area (Å²) in [5, 5.41) is 15.0. The van der Waals surface area contributed by atoms with Gasteiger partial charge in [0.05, 0.1) is 12.6 Å². The van der Waals surface area contributed by atoms with Crippen molar-refractivity contribution < 1.29 is 9.90 Å². The van der Waals surface area contributed by atoms with Gasteiger partial charge in [0.25, 0.3) is 0 Å². The zero-order valence-corrected chi connectivity index (χ0v) is 12.0. The number of hydrogen-bond acceptors (Lipinski definition) is 2. The van der Waals surface area contributed by atoms with E-state index in [1.54, 1.807) is 0 Å². The van der Waals surface area contributed by atoms with Crippen LogP contribution in [-0.2, 0) is 13.2 Å². The maximum absolute atomic E-state index is 11.9. The third-order valence-corrected chi connectivity index (χ3v) is 3.38. The fourth-order valence-electron chi connectivity index (χ4n) is 2.13. The van der Waals surface area contributed by atoms with E-state index in [4.69, 9.17) is 0 Å². The number of aliphatic hydroxyl groups is 1. The van der Waals surface area contributed by atoms with Gasteiger partial charge in [0.2, 0.25) is 0 Å². The smallest absolute Gasteiger partial charge is 0.315 e. The normalized spacial score (nSPS) is 11.7. The molecule has 0 radical (unpaired) electrons. The maximum atomic E-state index is 11.9. The van der Waals surface area contributed by atoms with Gasteiger partial charge in [-0.25, -0.2) is 4.79 Å². The SMILES string of the molecule is CC(NC(=O)NCc1ccccc1CO)c1ccccc1. The van der Waals surface area contributed by atoms with Gasteiger partial charge in [0, 0.05) is 6.54 Å². The number of benzene rings is 2. The Hall–Kier alpha value is -2.33. The predicted molar refractivity (Wildman–Crippen MR) is 82.6 cm³/mol. The zero-order chi connectivity index (χ0) is 15.1. The summed E-state index contributed by atoms with van der Waals surface area (Å²) >= 11 is 0. The van der Waals surface area contributed by atoms with Gasteiger partial charge < -0.3 is 15.7 Å². The largest absolute Gasteiger partial charge is 0.392 e. The molecule has 110 valence electrons. The lowest BCUT2D eigenvalue weighted by molar-refractivity contribution is 0.237. The second kappa shape index (κ2) is 7.45. The molecule has 2 amide bonds. The molecule has 2 aromatic rings. The van der Waals surface area contributed by atoms with E-state index in [0.29, 0.717) is 6.54 Å². The minimum atomic E-state index is -0.223. The molecule has 3 N–H and O–H groups in total. The first-order chi connectivity index (χ1) is 10.2. The lowest BCUT2D eigenvalue weighted by Crippen LogP contribution is -2.36. The molecule has 21 heavy (non-hydrogen) atoms. The molecule has 0 saturated heterocycles. The van der Waals surface area contributed by atoms with Crippen molar-refractivity contribution in [2.24, 2.45) is 0 Å². The topological polar surface area (TPSA) is 61.4 Å². The number of carbonyl (C=O) groups is 1. The lowest BCUT2D eigenvalue weighted by Gasteiger charge is -2.15.